The highest BCUT2D eigenvalue weighted by atomic mass is 32.1. The van der Waals surface area contributed by atoms with Gasteiger partial charge in [-0.2, -0.15) is 0 Å². The largest absolute Gasteiger partial charge is 0.493 e. The fourth-order valence-corrected chi connectivity index (χ4v) is 5.27. The number of anilines is 1. The van der Waals surface area contributed by atoms with Crippen LogP contribution < -0.4 is 15.0 Å². The normalized spacial score (nSPS) is 23.6. The topological polar surface area (TPSA) is 84.0 Å². The SMILES string of the molecule is CC(C)(C)OC(=O)N1CCC2NC(=O)N(c3nc4c5c(ccc4s3)OCC5)C2C1. The Hall–Kier alpha value is -2.55. The van der Waals surface area contributed by atoms with E-state index in [1.807, 2.05) is 32.9 Å². The number of hydrogen-bond donors (Lipinski definition) is 1. The number of benzene rings is 1. The number of ether oxygens (including phenoxy) is 2. The number of aromatic nitrogens is 1. The Kier molecular flexibility index (Phi) is 4.13. The molecule has 0 radical (unpaired) electrons. The number of nitrogens with one attached hydrogen (secondary N) is 1. The zero-order valence-electron chi connectivity index (χ0n) is 16.7. The van der Waals surface area contributed by atoms with Gasteiger partial charge in [-0.25, -0.2) is 14.6 Å². The van der Waals surface area contributed by atoms with E-state index in [0.717, 1.165) is 28.0 Å². The number of nitrogens with zero attached hydrogens (tertiary/aromatic N) is 3. The van der Waals surface area contributed by atoms with Crippen LogP contribution in [0, 0.1) is 0 Å². The average Bonchev–Trinajstić information content (AvgIpc) is 3.34. The Labute approximate surface area is 172 Å². The molecule has 1 N–H and O–H groups in total. The van der Waals surface area contributed by atoms with Gasteiger partial charge in [0.2, 0.25) is 0 Å². The molecule has 9 heteroatoms. The van der Waals surface area contributed by atoms with Crippen LogP contribution in [0.25, 0.3) is 10.2 Å². The summed E-state index contributed by atoms with van der Waals surface area (Å²) in [6.45, 7) is 7.22. The molecule has 2 atom stereocenters. The fourth-order valence-electron chi connectivity index (χ4n) is 4.22. The van der Waals surface area contributed by atoms with Gasteiger partial charge >= 0.3 is 12.1 Å². The summed E-state index contributed by atoms with van der Waals surface area (Å²) in [5.41, 5.74) is 1.48. The smallest absolute Gasteiger partial charge is 0.410 e. The molecule has 0 aliphatic carbocycles. The molecule has 3 aliphatic heterocycles. The second kappa shape index (κ2) is 6.48. The van der Waals surface area contributed by atoms with Crippen LogP contribution in [0.15, 0.2) is 12.1 Å². The van der Waals surface area contributed by atoms with E-state index in [4.69, 9.17) is 14.5 Å². The third-order valence-corrected chi connectivity index (χ3v) is 6.54. The van der Waals surface area contributed by atoms with Crippen molar-refractivity contribution in [1.29, 1.82) is 0 Å². The number of carbonyl (C=O) groups excluding carboxylic acids is 2. The van der Waals surface area contributed by atoms with Gasteiger partial charge in [0.1, 0.15) is 11.4 Å². The average molecular weight is 417 g/mol. The van der Waals surface area contributed by atoms with E-state index in [1.165, 1.54) is 11.3 Å². The van der Waals surface area contributed by atoms with Gasteiger partial charge in [0.15, 0.2) is 5.13 Å². The van der Waals surface area contributed by atoms with E-state index in [1.54, 1.807) is 9.80 Å². The molecule has 3 aliphatic rings. The number of fused-ring (bicyclic) bond motifs is 4. The summed E-state index contributed by atoms with van der Waals surface area (Å²) in [7, 11) is 0. The minimum absolute atomic E-state index is 0.00208. The molecule has 4 heterocycles. The number of hydrogen-bond acceptors (Lipinski definition) is 6. The standard InChI is InChI=1S/C20H24N4O4S/c1-20(2,3)28-19(26)23-8-6-12-13(10-23)24(17(25)21-12)18-22-16-11-7-9-27-14(11)4-5-15(16)29-18/h4-5,12-13H,6-10H2,1-3H3,(H,21,25). The third-order valence-electron chi connectivity index (χ3n) is 5.52. The fraction of sp³-hybridized carbons (Fsp3) is 0.550. The van der Waals surface area contributed by atoms with Crippen LogP contribution in [0.1, 0.15) is 32.8 Å². The molecule has 3 amide bonds. The highest BCUT2D eigenvalue weighted by molar-refractivity contribution is 7.22. The van der Waals surface area contributed by atoms with E-state index in [9.17, 15) is 9.59 Å². The summed E-state index contributed by atoms with van der Waals surface area (Å²) in [4.78, 5) is 33.5. The monoisotopic (exact) mass is 416 g/mol. The molecule has 8 nitrogen and oxygen atoms in total. The molecule has 154 valence electrons. The van der Waals surface area contributed by atoms with Crippen LogP contribution in [0.3, 0.4) is 0 Å². The zero-order valence-corrected chi connectivity index (χ0v) is 17.5. The molecule has 2 aromatic rings. The van der Waals surface area contributed by atoms with E-state index >= 15 is 0 Å². The van der Waals surface area contributed by atoms with Crippen molar-refractivity contribution in [3.05, 3.63) is 17.7 Å². The van der Waals surface area contributed by atoms with Crippen LogP contribution in [0.4, 0.5) is 14.7 Å². The molecule has 1 aromatic heterocycles. The molecular formula is C20H24N4O4S. The Balaban J connectivity index is 1.43. The van der Waals surface area contributed by atoms with Crippen molar-refractivity contribution in [3.8, 4) is 5.75 Å². The van der Waals surface area contributed by atoms with Crippen molar-refractivity contribution in [3.63, 3.8) is 0 Å². The maximum Gasteiger partial charge on any atom is 0.410 e. The van der Waals surface area contributed by atoms with Gasteiger partial charge < -0.3 is 19.7 Å². The summed E-state index contributed by atoms with van der Waals surface area (Å²) in [5, 5.41) is 3.72. The van der Waals surface area contributed by atoms with Gasteiger partial charge in [0.05, 0.1) is 28.9 Å². The number of rotatable bonds is 1. The predicted octanol–water partition coefficient (Wildman–Crippen LogP) is 3.14. The summed E-state index contributed by atoms with van der Waals surface area (Å²) < 4.78 is 12.2. The second-order valence-corrected chi connectivity index (χ2v) is 9.70. The van der Waals surface area contributed by atoms with Crippen molar-refractivity contribution in [2.45, 2.75) is 51.3 Å². The predicted molar refractivity (Wildman–Crippen MR) is 110 cm³/mol. The van der Waals surface area contributed by atoms with Crippen LogP contribution in [0.5, 0.6) is 5.75 Å². The number of carbonyl (C=O) groups is 2. The number of piperidine rings is 1. The molecule has 2 fully saturated rings. The first-order valence-electron chi connectivity index (χ1n) is 9.93. The highest BCUT2D eigenvalue weighted by Gasteiger charge is 2.46. The van der Waals surface area contributed by atoms with Crippen LogP contribution in [0.2, 0.25) is 0 Å². The van der Waals surface area contributed by atoms with Crippen molar-refractivity contribution >= 4 is 38.8 Å². The quantitative estimate of drug-likeness (QED) is 0.772. The summed E-state index contributed by atoms with van der Waals surface area (Å²) >= 11 is 1.50. The lowest BCUT2D eigenvalue weighted by atomic mass is 10.0. The lowest BCUT2D eigenvalue weighted by molar-refractivity contribution is 0.0192. The van der Waals surface area contributed by atoms with Crippen LogP contribution in [-0.4, -0.2) is 59.4 Å². The van der Waals surface area contributed by atoms with Gasteiger partial charge in [-0.15, -0.1) is 0 Å². The second-order valence-electron chi connectivity index (χ2n) is 8.69. The molecule has 2 saturated heterocycles. The maximum atomic E-state index is 12.8. The Morgan fingerprint density at radius 3 is 3.00 bits per heavy atom. The highest BCUT2D eigenvalue weighted by Crippen LogP contribution is 2.39. The Morgan fingerprint density at radius 2 is 2.21 bits per heavy atom. The van der Waals surface area contributed by atoms with E-state index in [0.29, 0.717) is 31.2 Å². The lowest BCUT2D eigenvalue weighted by Crippen LogP contribution is -2.54. The number of thiazole rings is 1. The van der Waals surface area contributed by atoms with Gasteiger partial charge in [-0.1, -0.05) is 11.3 Å². The third kappa shape index (κ3) is 3.17. The molecule has 0 bridgehead atoms. The van der Waals surface area contributed by atoms with Gasteiger partial charge in [0.25, 0.3) is 0 Å². The van der Waals surface area contributed by atoms with Crippen molar-refractivity contribution < 1.29 is 19.1 Å². The van der Waals surface area contributed by atoms with Crippen molar-refractivity contribution in [2.24, 2.45) is 0 Å². The van der Waals surface area contributed by atoms with Gasteiger partial charge in [0, 0.05) is 25.1 Å². The van der Waals surface area contributed by atoms with Crippen LogP contribution in [-0.2, 0) is 11.2 Å². The zero-order chi connectivity index (χ0) is 20.3. The van der Waals surface area contributed by atoms with Crippen molar-refractivity contribution in [2.75, 3.05) is 24.6 Å². The lowest BCUT2D eigenvalue weighted by Gasteiger charge is -2.37. The first-order chi connectivity index (χ1) is 13.8. The molecule has 0 spiro atoms. The molecule has 29 heavy (non-hydrogen) atoms. The van der Waals surface area contributed by atoms with Gasteiger partial charge in [-0.3, -0.25) is 4.90 Å². The maximum absolute atomic E-state index is 12.8. The first kappa shape index (κ1) is 18.5. The molecule has 0 saturated carbocycles. The van der Waals surface area contributed by atoms with E-state index < -0.39 is 5.60 Å². The minimum Gasteiger partial charge on any atom is -0.493 e. The number of urea groups is 1. The van der Waals surface area contributed by atoms with Gasteiger partial charge in [-0.05, 0) is 39.3 Å². The summed E-state index contributed by atoms with van der Waals surface area (Å²) in [6.07, 6.45) is 1.19. The minimum atomic E-state index is -0.549. The Morgan fingerprint density at radius 1 is 1.38 bits per heavy atom. The molecule has 1 aromatic carbocycles. The summed E-state index contributed by atoms with van der Waals surface area (Å²) in [5.74, 6) is 0.881. The number of amides is 3. The Bertz CT molecular complexity index is 998. The molecule has 5 rings (SSSR count). The number of likely N-dealkylation sites (tertiary alicyclic amines) is 1. The van der Waals surface area contributed by atoms with E-state index in [2.05, 4.69) is 5.32 Å². The summed E-state index contributed by atoms with van der Waals surface area (Å²) in [6, 6.07) is 3.67. The molecule has 2 unspecified atom stereocenters. The van der Waals surface area contributed by atoms with E-state index in [-0.39, 0.29) is 24.2 Å². The molecular weight excluding hydrogens is 392 g/mol. The van der Waals surface area contributed by atoms with Crippen LogP contribution >= 0.6 is 11.3 Å². The van der Waals surface area contributed by atoms with Crippen molar-refractivity contribution in [1.82, 2.24) is 15.2 Å². The first-order valence-corrected chi connectivity index (χ1v) is 10.7.